The van der Waals surface area contributed by atoms with Gasteiger partial charge in [-0.25, -0.2) is 0 Å². The van der Waals surface area contributed by atoms with Crippen molar-refractivity contribution in [3.8, 4) is 0 Å². The number of carbonyl (C=O) groups excluding carboxylic acids is 2. The molecule has 1 aliphatic rings. The molecule has 2 N–H and O–H groups in total. The van der Waals surface area contributed by atoms with Gasteiger partial charge in [0.15, 0.2) is 0 Å². The molecule has 0 aromatic rings. The number of piperidine rings is 1. The molecule has 0 bridgehead atoms. The number of amides is 2. The van der Waals surface area contributed by atoms with E-state index in [4.69, 9.17) is 0 Å². The Morgan fingerprint density at radius 2 is 1.72 bits per heavy atom. The van der Waals surface area contributed by atoms with Crippen LogP contribution in [0, 0.1) is 0 Å². The largest absolute Gasteiger partial charge is 0.356 e. The van der Waals surface area contributed by atoms with E-state index < -0.39 is 0 Å². The van der Waals surface area contributed by atoms with Crippen molar-refractivity contribution in [2.75, 3.05) is 32.7 Å². The molecule has 0 radical (unpaired) electrons. The fraction of sp³-hybridized carbons (Fsp3) is 0.846. The van der Waals surface area contributed by atoms with E-state index >= 15 is 0 Å². The summed E-state index contributed by atoms with van der Waals surface area (Å²) in [4.78, 5) is 24.9. The van der Waals surface area contributed by atoms with E-state index in [0.29, 0.717) is 32.5 Å². The number of hydrogen-bond acceptors (Lipinski definition) is 3. The van der Waals surface area contributed by atoms with E-state index in [-0.39, 0.29) is 11.8 Å². The second-order valence-corrected chi connectivity index (χ2v) is 4.64. The maximum absolute atomic E-state index is 11.8. The van der Waals surface area contributed by atoms with Crippen LogP contribution in [0.5, 0.6) is 0 Å². The fourth-order valence-corrected chi connectivity index (χ4v) is 2.11. The number of rotatable bonds is 7. The quantitative estimate of drug-likeness (QED) is 0.651. The van der Waals surface area contributed by atoms with Crippen LogP contribution in [0.4, 0.5) is 0 Å². The van der Waals surface area contributed by atoms with Crippen molar-refractivity contribution < 1.29 is 9.59 Å². The maximum Gasteiger partial charge on any atom is 0.223 e. The van der Waals surface area contributed by atoms with E-state index in [2.05, 4.69) is 10.6 Å². The Bertz CT molecular complexity index is 263. The molecule has 1 saturated heterocycles. The Kier molecular flexibility index (Phi) is 7.41. The van der Waals surface area contributed by atoms with Crippen molar-refractivity contribution in [2.24, 2.45) is 0 Å². The fourth-order valence-electron chi connectivity index (χ4n) is 2.11. The molecule has 0 atom stereocenters. The van der Waals surface area contributed by atoms with Crippen molar-refractivity contribution in [1.82, 2.24) is 15.5 Å². The lowest BCUT2D eigenvalue weighted by molar-refractivity contribution is -0.131. The lowest BCUT2D eigenvalue weighted by Crippen LogP contribution is -2.37. The molecule has 5 nitrogen and oxygen atoms in total. The smallest absolute Gasteiger partial charge is 0.223 e. The van der Waals surface area contributed by atoms with Gasteiger partial charge < -0.3 is 15.5 Å². The molecule has 1 rings (SSSR count). The second-order valence-electron chi connectivity index (χ2n) is 4.64. The zero-order chi connectivity index (χ0) is 13.2. The van der Waals surface area contributed by atoms with Gasteiger partial charge in [0, 0.05) is 45.6 Å². The Hall–Kier alpha value is -1.10. The summed E-state index contributed by atoms with van der Waals surface area (Å²) in [5.41, 5.74) is 0. The first kappa shape index (κ1) is 15.0. The van der Waals surface area contributed by atoms with Gasteiger partial charge in [-0.3, -0.25) is 9.59 Å². The number of hydrogen-bond donors (Lipinski definition) is 2. The van der Waals surface area contributed by atoms with Crippen LogP contribution in [-0.2, 0) is 9.59 Å². The molecular formula is C13H25N3O2. The topological polar surface area (TPSA) is 61.4 Å². The predicted octanol–water partition coefficient (Wildman–Crippen LogP) is 0.505. The molecule has 0 aliphatic carbocycles. The normalized spacial score (nSPS) is 15.5. The van der Waals surface area contributed by atoms with E-state index in [9.17, 15) is 9.59 Å². The Labute approximate surface area is 109 Å². The number of nitrogens with one attached hydrogen (secondary N) is 2. The average molecular weight is 255 g/mol. The van der Waals surface area contributed by atoms with E-state index in [0.717, 1.165) is 25.9 Å². The lowest BCUT2D eigenvalue weighted by Gasteiger charge is -2.26. The van der Waals surface area contributed by atoms with Gasteiger partial charge in [0.1, 0.15) is 0 Å². The summed E-state index contributed by atoms with van der Waals surface area (Å²) >= 11 is 0. The third-order valence-electron chi connectivity index (χ3n) is 3.13. The summed E-state index contributed by atoms with van der Waals surface area (Å²) in [5.74, 6) is 0.299. The van der Waals surface area contributed by atoms with E-state index in [1.165, 1.54) is 6.42 Å². The van der Waals surface area contributed by atoms with Crippen LogP contribution in [0.3, 0.4) is 0 Å². The van der Waals surface area contributed by atoms with Crippen molar-refractivity contribution in [1.29, 1.82) is 0 Å². The summed E-state index contributed by atoms with van der Waals surface area (Å²) in [6.45, 7) is 5.71. The molecule has 0 saturated carbocycles. The van der Waals surface area contributed by atoms with Crippen molar-refractivity contribution in [2.45, 2.75) is 39.0 Å². The molecule has 5 heteroatoms. The molecular weight excluding hydrogens is 230 g/mol. The molecule has 1 aliphatic heterocycles. The zero-order valence-electron chi connectivity index (χ0n) is 11.3. The summed E-state index contributed by atoms with van der Waals surface area (Å²) in [5, 5.41) is 5.88. The van der Waals surface area contributed by atoms with E-state index in [1.54, 1.807) is 0 Å². The molecule has 104 valence electrons. The van der Waals surface area contributed by atoms with Crippen LogP contribution in [0.1, 0.15) is 39.0 Å². The molecule has 0 aromatic carbocycles. The van der Waals surface area contributed by atoms with Crippen LogP contribution in [0.15, 0.2) is 0 Å². The standard InChI is InChI=1S/C13H25N3O2/c1-2-15-12(17)6-8-14-9-7-13(18)16-10-4-3-5-11-16/h14H,2-11H2,1H3,(H,15,17). The highest BCUT2D eigenvalue weighted by Crippen LogP contribution is 2.09. The maximum atomic E-state index is 11.8. The average Bonchev–Trinajstić information content (AvgIpc) is 2.39. The highest BCUT2D eigenvalue weighted by molar-refractivity contribution is 5.76. The molecule has 0 aromatic heterocycles. The first-order valence-corrected chi connectivity index (χ1v) is 6.99. The van der Waals surface area contributed by atoms with Crippen LogP contribution in [0.25, 0.3) is 0 Å². The second kappa shape index (κ2) is 8.91. The summed E-state index contributed by atoms with van der Waals surface area (Å²) in [7, 11) is 0. The Balaban J connectivity index is 2.00. The summed E-state index contributed by atoms with van der Waals surface area (Å²) in [6, 6.07) is 0. The highest BCUT2D eigenvalue weighted by Gasteiger charge is 2.15. The third kappa shape index (κ3) is 6.00. The first-order chi connectivity index (χ1) is 8.74. The SMILES string of the molecule is CCNC(=O)CCNCCC(=O)N1CCCCC1. The van der Waals surface area contributed by atoms with Gasteiger partial charge >= 0.3 is 0 Å². The van der Waals surface area contributed by atoms with Gasteiger partial charge in [-0.05, 0) is 26.2 Å². The summed E-state index contributed by atoms with van der Waals surface area (Å²) < 4.78 is 0. The monoisotopic (exact) mass is 255 g/mol. The minimum atomic E-state index is 0.0624. The Morgan fingerprint density at radius 3 is 2.39 bits per heavy atom. The van der Waals surface area contributed by atoms with Gasteiger partial charge in [-0.2, -0.15) is 0 Å². The minimum Gasteiger partial charge on any atom is -0.356 e. The lowest BCUT2D eigenvalue weighted by atomic mass is 10.1. The molecule has 0 spiro atoms. The van der Waals surface area contributed by atoms with Crippen LogP contribution in [0.2, 0.25) is 0 Å². The first-order valence-electron chi connectivity index (χ1n) is 6.99. The minimum absolute atomic E-state index is 0.0624. The predicted molar refractivity (Wildman–Crippen MR) is 71.2 cm³/mol. The molecule has 1 fully saturated rings. The van der Waals surface area contributed by atoms with Gasteiger partial charge in [0.25, 0.3) is 0 Å². The number of carbonyl (C=O) groups is 2. The van der Waals surface area contributed by atoms with Crippen LogP contribution in [-0.4, -0.2) is 49.4 Å². The molecule has 1 heterocycles. The highest BCUT2D eigenvalue weighted by atomic mass is 16.2. The van der Waals surface area contributed by atoms with Crippen molar-refractivity contribution in [3.05, 3.63) is 0 Å². The third-order valence-corrected chi connectivity index (χ3v) is 3.13. The van der Waals surface area contributed by atoms with E-state index in [1.807, 2.05) is 11.8 Å². The zero-order valence-corrected chi connectivity index (χ0v) is 11.3. The number of likely N-dealkylation sites (tertiary alicyclic amines) is 1. The Morgan fingerprint density at radius 1 is 1.06 bits per heavy atom. The van der Waals surface area contributed by atoms with Gasteiger partial charge in [-0.1, -0.05) is 0 Å². The molecule has 18 heavy (non-hydrogen) atoms. The number of nitrogens with zero attached hydrogens (tertiary/aromatic N) is 1. The van der Waals surface area contributed by atoms with Gasteiger partial charge in [-0.15, -0.1) is 0 Å². The van der Waals surface area contributed by atoms with Gasteiger partial charge in [0.2, 0.25) is 11.8 Å². The van der Waals surface area contributed by atoms with Crippen LogP contribution < -0.4 is 10.6 Å². The van der Waals surface area contributed by atoms with Crippen LogP contribution >= 0.6 is 0 Å². The van der Waals surface area contributed by atoms with Crippen molar-refractivity contribution in [3.63, 3.8) is 0 Å². The molecule has 2 amide bonds. The molecule has 0 unspecified atom stereocenters. The van der Waals surface area contributed by atoms with Crippen molar-refractivity contribution >= 4 is 11.8 Å². The van der Waals surface area contributed by atoms with Gasteiger partial charge in [0.05, 0.1) is 0 Å². The summed E-state index contributed by atoms with van der Waals surface area (Å²) in [6.07, 6.45) is 4.53.